The highest BCUT2D eigenvalue weighted by atomic mass is 16.3. The molecule has 1 heterocycles. The third-order valence-corrected chi connectivity index (χ3v) is 2.31. The minimum Gasteiger partial charge on any atom is -0.396 e. The first-order valence-electron chi connectivity index (χ1n) is 4.81. The molecule has 0 spiro atoms. The van der Waals surface area contributed by atoms with Gasteiger partial charge in [-0.2, -0.15) is 5.10 Å². The molecule has 2 atom stereocenters. The lowest BCUT2D eigenvalue weighted by atomic mass is 10.1. The molecule has 1 aromatic heterocycles. The topological polar surface area (TPSA) is 58.0 Å². The molecule has 2 unspecified atom stereocenters. The number of aryl methyl sites for hydroxylation is 1. The summed E-state index contributed by atoms with van der Waals surface area (Å²) in [5.41, 5.74) is 0.901. The number of nitrogens with zero attached hydrogens (tertiary/aromatic N) is 2. The van der Waals surface area contributed by atoms with Crippen LogP contribution in [0.25, 0.3) is 0 Å². The SMILES string of the molecule is Cc1ccc(NC(C)C(C)CO)nn1. The molecule has 0 aliphatic rings. The van der Waals surface area contributed by atoms with E-state index in [9.17, 15) is 0 Å². The number of rotatable bonds is 4. The van der Waals surface area contributed by atoms with Crippen molar-refractivity contribution in [2.24, 2.45) is 5.92 Å². The van der Waals surface area contributed by atoms with Gasteiger partial charge in [0.1, 0.15) is 5.82 Å². The van der Waals surface area contributed by atoms with Crippen LogP contribution in [0.15, 0.2) is 12.1 Å². The molecule has 0 aliphatic carbocycles. The second kappa shape index (κ2) is 4.91. The van der Waals surface area contributed by atoms with E-state index in [1.807, 2.05) is 32.9 Å². The fourth-order valence-corrected chi connectivity index (χ4v) is 1.01. The highest BCUT2D eigenvalue weighted by molar-refractivity contribution is 5.33. The first-order valence-corrected chi connectivity index (χ1v) is 4.81. The zero-order valence-corrected chi connectivity index (χ0v) is 8.86. The van der Waals surface area contributed by atoms with Crippen LogP contribution in [0.4, 0.5) is 5.82 Å². The van der Waals surface area contributed by atoms with Gasteiger partial charge in [0.05, 0.1) is 5.69 Å². The van der Waals surface area contributed by atoms with Crippen molar-refractivity contribution < 1.29 is 5.11 Å². The normalized spacial score (nSPS) is 14.9. The van der Waals surface area contributed by atoms with Crippen molar-refractivity contribution in [1.29, 1.82) is 0 Å². The summed E-state index contributed by atoms with van der Waals surface area (Å²) in [5, 5.41) is 20.1. The Hall–Kier alpha value is -1.16. The molecule has 14 heavy (non-hydrogen) atoms. The van der Waals surface area contributed by atoms with Crippen molar-refractivity contribution in [3.05, 3.63) is 17.8 Å². The monoisotopic (exact) mass is 195 g/mol. The van der Waals surface area contributed by atoms with Gasteiger partial charge in [-0.25, -0.2) is 0 Å². The summed E-state index contributed by atoms with van der Waals surface area (Å²) >= 11 is 0. The average Bonchev–Trinajstić information content (AvgIpc) is 2.20. The molecule has 4 nitrogen and oxygen atoms in total. The second-order valence-corrected chi connectivity index (χ2v) is 3.65. The first kappa shape index (κ1) is 10.9. The van der Waals surface area contributed by atoms with E-state index >= 15 is 0 Å². The maximum Gasteiger partial charge on any atom is 0.148 e. The van der Waals surface area contributed by atoms with Crippen LogP contribution in [0.2, 0.25) is 0 Å². The first-order chi connectivity index (χ1) is 6.63. The van der Waals surface area contributed by atoms with Gasteiger partial charge in [0.2, 0.25) is 0 Å². The van der Waals surface area contributed by atoms with Crippen LogP contribution in [0.3, 0.4) is 0 Å². The lowest BCUT2D eigenvalue weighted by Crippen LogP contribution is -2.26. The Labute approximate surface area is 84.4 Å². The summed E-state index contributed by atoms with van der Waals surface area (Å²) in [6.45, 7) is 6.08. The van der Waals surface area contributed by atoms with Crippen LogP contribution < -0.4 is 5.32 Å². The van der Waals surface area contributed by atoms with Gasteiger partial charge in [-0.3, -0.25) is 0 Å². The molecule has 0 saturated heterocycles. The third kappa shape index (κ3) is 2.96. The number of anilines is 1. The summed E-state index contributed by atoms with van der Waals surface area (Å²) in [7, 11) is 0. The molecule has 0 aliphatic heterocycles. The molecule has 1 rings (SSSR count). The average molecular weight is 195 g/mol. The minimum atomic E-state index is 0.174. The fourth-order valence-electron chi connectivity index (χ4n) is 1.01. The van der Waals surface area contributed by atoms with Crippen LogP contribution in [0, 0.1) is 12.8 Å². The van der Waals surface area contributed by atoms with Crippen molar-refractivity contribution in [2.75, 3.05) is 11.9 Å². The Morgan fingerprint density at radius 3 is 2.57 bits per heavy atom. The van der Waals surface area contributed by atoms with Crippen molar-refractivity contribution in [1.82, 2.24) is 10.2 Å². The molecule has 0 saturated carbocycles. The number of aliphatic hydroxyl groups is 1. The largest absolute Gasteiger partial charge is 0.396 e. The molecule has 0 bridgehead atoms. The number of nitrogens with one attached hydrogen (secondary N) is 1. The van der Waals surface area contributed by atoms with Gasteiger partial charge in [-0.05, 0) is 31.9 Å². The number of hydrogen-bond acceptors (Lipinski definition) is 4. The molecular formula is C10H17N3O. The van der Waals surface area contributed by atoms with Crippen LogP contribution in [-0.4, -0.2) is 28.0 Å². The molecule has 4 heteroatoms. The molecule has 0 amide bonds. The summed E-state index contributed by atoms with van der Waals surface area (Å²) in [6.07, 6.45) is 0. The molecule has 0 radical (unpaired) electrons. The predicted molar refractivity (Wildman–Crippen MR) is 56.1 cm³/mol. The Balaban J connectivity index is 2.56. The highest BCUT2D eigenvalue weighted by Gasteiger charge is 2.10. The maximum absolute atomic E-state index is 8.95. The Morgan fingerprint density at radius 1 is 1.36 bits per heavy atom. The quantitative estimate of drug-likeness (QED) is 0.758. The highest BCUT2D eigenvalue weighted by Crippen LogP contribution is 2.08. The van der Waals surface area contributed by atoms with Gasteiger partial charge < -0.3 is 10.4 Å². The van der Waals surface area contributed by atoms with Crippen LogP contribution in [0.1, 0.15) is 19.5 Å². The van der Waals surface area contributed by atoms with E-state index in [2.05, 4.69) is 15.5 Å². The van der Waals surface area contributed by atoms with Crippen LogP contribution in [0.5, 0.6) is 0 Å². The summed E-state index contributed by atoms with van der Waals surface area (Å²) < 4.78 is 0. The van der Waals surface area contributed by atoms with Crippen molar-refractivity contribution >= 4 is 5.82 Å². The fraction of sp³-hybridized carbons (Fsp3) is 0.600. The van der Waals surface area contributed by atoms with Crippen molar-refractivity contribution in [3.8, 4) is 0 Å². The zero-order chi connectivity index (χ0) is 10.6. The van der Waals surface area contributed by atoms with Gasteiger partial charge in [0.15, 0.2) is 0 Å². The minimum absolute atomic E-state index is 0.174. The predicted octanol–water partition coefficient (Wildman–Crippen LogP) is 1.21. The van der Waals surface area contributed by atoms with Gasteiger partial charge in [0.25, 0.3) is 0 Å². The summed E-state index contributed by atoms with van der Waals surface area (Å²) in [6, 6.07) is 3.99. The van der Waals surface area contributed by atoms with Gasteiger partial charge >= 0.3 is 0 Å². The van der Waals surface area contributed by atoms with E-state index in [0.717, 1.165) is 11.5 Å². The Kier molecular flexibility index (Phi) is 3.83. The molecule has 78 valence electrons. The van der Waals surface area contributed by atoms with Gasteiger partial charge in [-0.15, -0.1) is 5.10 Å². The van der Waals surface area contributed by atoms with E-state index in [1.54, 1.807) is 0 Å². The number of aromatic nitrogens is 2. The Bertz CT molecular complexity index is 273. The summed E-state index contributed by atoms with van der Waals surface area (Å²) in [4.78, 5) is 0. The molecule has 2 N–H and O–H groups in total. The second-order valence-electron chi connectivity index (χ2n) is 3.65. The third-order valence-electron chi connectivity index (χ3n) is 2.31. The number of aliphatic hydroxyl groups excluding tert-OH is 1. The van der Waals surface area contributed by atoms with Crippen molar-refractivity contribution in [3.63, 3.8) is 0 Å². The van der Waals surface area contributed by atoms with E-state index in [0.29, 0.717) is 0 Å². The van der Waals surface area contributed by atoms with E-state index in [1.165, 1.54) is 0 Å². The van der Waals surface area contributed by atoms with Crippen molar-refractivity contribution in [2.45, 2.75) is 26.8 Å². The molecule has 0 fully saturated rings. The molecule has 0 aromatic carbocycles. The summed E-state index contributed by atoms with van der Waals surface area (Å²) in [5.74, 6) is 0.960. The molecule has 1 aromatic rings. The molecular weight excluding hydrogens is 178 g/mol. The van der Waals surface area contributed by atoms with Gasteiger partial charge in [-0.1, -0.05) is 6.92 Å². The Morgan fingerprint density at radius 2 is 2.07 bits per heavy atom. The number of hydrogen-bond donors (Lipinski definition) is 2. The lowest BCUT2D eigenvalue weighted by molar-refractivity contribution is 0.226. The van der Waals surface area contributed by atoms with E-state index in [-0.39, 0.29) is 18.6 Å². The zero-order valence-electron chi connectivity index (χ0n) is 8.86. The smallest absolute Gasteiger partial charge is 0.148 e. The lowest BCUT2D eigenvalue weighted by Gasteiger charge is -2.19. The van der Waals surface area contributed by atoms with Crippen LogP contribution in [-0.2, 0) is 0 Å². The van der Waals surface area contributed by atoms with Gasteiger partial charge in [0, 0.05) is 12.6 Å². The van der Waals surface area contributed by atoms with Crippen LogP contribution >= 0.6 is 0 Å². The van der Waals surface area contributed by atoms with E-state index in [4.69, 9.17) is 5.11 Å². The van der Waals surface area contributed by atoms with E-state index < -0.39 is 0 Å². The standard InChI is InChI=1S/C10H17N3O/c1-7(6-14)9(3)11-10-5-4-8(2)12-13-10/h4-5,7,9,14H,6H2,1-3H3,(H,11,13). The maximum atomic E-state index is 8.95.